The number of imidazole rings is 2. The summed E-state index contributed by atoms with van der Waals surface area (Å²) >= 11 is 14.2. The van der Waals surface area contributed by atoms with Crippen LogP contribution < -0.4 is 17.0 Å². The van der Waals surface area contributed by atoms with Gasteiger partial charge in [0.2, 0.25) is 0 Å². The molecule has 0 atom stereocenters. The molecule has 2 aromatic carbocycles. The number of hydrogen-bond acceptors (Lipinski definition) is 3. The van der Waals surface area contributed by atoms with Gasteiger partial charge in [0.25, 0.3) is 0 Å². The number of aromatic nitrogens is 4. The quantitative estimate of drug-likeness (QED) is 0.104. The van der Waals surface area contributed by atoms with Gasteiger partial charge in [0.1, 0.15) is 22.8 Å². The predicted molar refractivity (Wildman–Crippen MR) is 208 cm³/mol. The van der Waals surface area contributed by atoms with Gasteiger partial charge in [0, 0.05) is 51.6 Å². The Morgan fingerprint density at radius 3 is 1.84 bits per heavy atom. The van der Waals surface area contributed by atoms with Crippen LogP contribution >= 0.6 is 99.6 Å². The Labute approximate surface area is 344 Å². The Kier molecular flexibility index (Phi) is 14.5. The fraction of sp³-hybridized carbons (Fsp3) is 0.406. The molecule has 0 radical (unpaired) electrons. The third kappa shape index (κ3) is 7.67. The van der Waals surface area contributed by atoms with Gasteiger partial charge in [0.05, 0.1) is 0 Å². The van der Waals surface area contributed by atoms with Crippen LogP contribution in [0.25, 0.3) is 22.8 Å². The van der Waals surface area contributed by atoms with E-state index < -0.39 is 0 Å². The van der Waals surface area contributed by atoms with E-state index in [9.17, 15) is 0 Å². The summed E-state index contributed by atoms with van der Waals surface area (Å²) < 4.78 is 15.5. The summed E-state index contributed by atoms with van der Waals surface area (Å²) in [6.45, 7) is 7.00. The van der Waals surface area contributed by atoms with Crippen LogP contribution in [-0.4, -0.2) is 55.4 Å². The third-order valence-electron chi connectivity index (χ3n) is 8.72. The van der Waals surface area contributed by atoms with Crippen molar-refractivity contribution in [3.05, 3.63) is 80.7 Å². The number of ether oxygens (including phenoxy) is 1. The van der Waals surface area contributed by atoms with Gasteiger partial charge < -0.3 is 37.8 Å². The van der Waals surface area contributed by atoms with Crippen molar-refractivity contribution in [3.63, 3.8) is 0 Å². The van der Waals surface area contributed by atoms with E-state index in [1.165, 1.54) is 64.5 Å². The van der Waals surface area contributed by atoms with E-state index in [1.54, 1.807) is 6.92 Å². The molecular formula is C32H32Br3I3MgN4O. The van der Waals surface area contributed by atoms with Gasteiger partial charge in [-0.2, -0.15) is 6.92 Å². The van der Waals surface area contributed by atoms with E-state index >= 15 is 0 Å². The van der Waals surface area contributed by atoms with Gasteiger partial charge in [-0.05, 0) is 154 Å². The molecule has 2 aromatic heterocycles. The Balaban J connectivity index is 0.000000160. The standard InChI is InChI=1S/C13H9BrI2N2.C13H10BrIN2.C4H8O.C2H5.BrH.Mg/c14-7-1-2-9-6-3-8(4-6)18-12(16)11(15)17-13(18)10(9)5-7;14-8-1-2-10-7-3-9(4-7)17-6-12(15)16-13(17)11(10)5-8;1-2-4-5-3-1;1-2;;/h1-2,5-6,8H,3-4H2;1-2,5-7,9H,3-4H2;1-4H2;1H2,2H3;1H;/q;;;-1;;+2/p-1. The van der Waals surface area contributed by atoms with Crippen molar-refractivity contribution < 1.29 is 21.7 Å². The first-order valence-corrected chi connectivity index (χ1v) is 19.2. The van der Waals surface area contributed by atoms with Gasteiger partial charge in [-0.25, -0.2) is 9.97 Å². The van der Waals surface area contributed by atoms with Gasteiger partial charge >= 0.3 is 23.1 Å². The van der Waals surface area contributed by atoms with Gasteiger partial charge in [-0.15, -0.1) is 0 Å². The van der Waals surface area contributed by atoms with Crippen LogP contribution in [0.3, 0.4) is 0 Å². The summed E-state index contributed by atoms with van der Waals surface area (Å²) in [5, 5.41) is 0. The maximum atomic E-state index is 4.94. The summed E-state index contributed by atoms with van der Waals surface area (Å²) in [4.78, 5) is 9.49. The van der Waals surface area contributed by atoms with Crippen molar-refractivity contribution in [3.8, 4) is 22.8 Å². The van der Waals surface area contributed by atoms with Crippen molar-refractivity contribution in [2.45, 2.75) is 69.4 Å². The molecule has 0 unspecified atom stereocenters. The molecule has 3 fully saturated rings. The average Bonchev–Trinajstić information content (AvgIpc) is 3.63. The molecule has 0 amide bonds. The second-order valence-corrected chi connectivity index (χ2v) is 16.1. The zero-order valence-electron chi connectivity index (χ0n) is 24.4. The molecule has 7 aliphatic rings. The SMILES string of the molecule is Brc1ccc2c(c1)-c1nc(I)c(I)n1C1CC2C1.Brc1ccc2c(c1)-c1nc(I)cn1C1CC2C1.C1CCOC1.[Br-].[CH2-]C.[Mg+2]. The van der Waals surface area contributed by atoms with E-state index in [1.807, 2.05) is 0 Å². The maximum absolute atomic E-state index is 4.94. The van der Waals surface area contributed by atoms with Crippen molar-refractivity contribution >= 4 is 123 Å². The maximum Gasteiger partial charge on any atom is 2.00 e. The molecule has 5 nitrogen and oxygen atoms in total. The summed E-state index contributed by atoms with van der Waals surface area (Å²) in [7, 11) is 0. The largest absolute Gasteiger partial charge is 2.00 e. The fourth-order valence-electron chi connectivity index (χ4n) is 6.54. The van der Waals surface area contributed by atoms with Crippen LogP contribution in [-0.2, 0) is 4.74 Å². The molecule has 4 bridgehead atoms. The molecule has 230 valence electrons. The molecule has 0 spiro atoms. The van der Waals surface area contributed by atoms with Crippen molar-refractivity contribution in [1.29, 1.82) is 0 Å². The number of nitrogens with zero attached hydrogens (tertiary/aromatic N) is 4. The monoisotopic (exact) mass is 1130 g/mol. The molecular weight excluding hydrogens is 1100 g/mol. The minimum absolute atomic E-state index is 0. The topological polar surface area (TPSA) is 44.9 Å². The minimum Gasteiger partial charge on any atom is -1.00 e. The molecule has 2 saturated carbocycles. The van der Waals surface area contributed by atoms with Crippen LogP contribution in [0.1, 0.15) is 80.5 Å². The molecule has 5 aliphatic heterocycles. The van der Waals surface area contributed by atoms with E-state index in [2.05, 4.69) is 158 Å². The number of rotatable bonds is 0. The summed E-state index contributed by atoms with van der Waals surface area (Å²) in [5.41, 5.74) is 5.58. The zero-order chi connectivity index (χ0) is 29.5. The molecule has 2 aliphatic carbocycles. The average molecular weight is 1130 g/mol. The Morgan fingerprint density at radius 1 is 0.795 bits per heavy atom. The molecule has 11 rings (SSSR count). The fourth-order valence-corrected chi connectivity index (χ4v) is 9.02. The smallest absolute Gasteiger partial charge is 1.00 e. The van der Waals surface area contributed by atoms with E-state index in [-0.39, 0.29) is 40.0 Å². The molecule has 12 heteroatoms. The van der Waals surface area contributed by atoms with Crippen LogP contribution in [0, 0.1) is 18.0 Å². The Morgan fingerprint density at radius 2 is 1.32 bits per heavy atom. The van der Waals surface area contributed by atoms with Crippen molar-refractivity contribution in [2.24, 2.45) is 0 Å². The third-order valence-corrected chi connectivity index (χ3v) is 13.0. The van der Waals surface area contributed by atoms with E-state index in [0.29, 0.717) is 12.1 Å². The predicted octanol–water partition coefficient (Wildman–Crippen LogP) is 7.56. The van der Waals surface area contributed by atoms with Crippen molar-refractivity contribution in [2.75, 3.05) is 13.2 Å². The first kappa shape index (κ1) is 38.0. The Bertz CT molecular complexity index is 1590. The van der Waals surface area contributed by atoms with Gasteiger partial charge in [-0.3, -0.25) is 0 Å². The van der Waals surface area contributed by atoms with E-state index in [4.69, 9.17) is 14.7 Å². The van der Waals surface area contributed by atoms with Gasteiger partial charge in [0.15, 0.2) is 0 Å². The second kappa shape index (κ2) is 16.7. The molecule has 7 heterocycles. The Hall–Kier alpha value is 1.22. The number of benzene rings is 2. The van der Waals surface area contributed by atoms with Crippen LogP contribution in [0.2, 0.25) is 0 Å². The summed E-state index contributed by atoms with van der Waals surface area (Å²) in [5.74, 6) is 3.77. The minimum atomic E-state index is 0. The second-order valence-electron chi connectivity index (χ2n) is 11.1. The van der Waals surface area contributed by atoms with Crippen LogP contribution in [0.4, 0.5) is 0 Å². The van der Waals surface area contributed by atoms with E-state index in [0.717, 1.165) is 53.0 Å². The molecule has 44 heavy (non-hydrogen) atoms. The zero-order valence-corrected chi connectivity index (χ0v) is 37.0. The molecule has 0 N–H and O–H groups in total. The van der Waals surface area contributed by atoms with Crippen molar-refractivity contribution in [1.82, 2.24) is 19.1 Å². The van der Waals surface area contributed by atoms with Crippen LogP contribution in [0.5, 0.6) is 0 Å². The summed E-state index contributed by atoms with van der Waals surface area (Å²) in [6, 6.07) is 14.6. The first-order valence-electron chi connectivity index (χ1n) is 14.4. The van der Waals surface area contributed by atoms with Crippen LogP contribution in [0.15, 0.2) is 51.5 Å². The van der Waals surface area contributed by atoms with Gasteiger partial charge in [-0.1, -0.05) is 44.0 Å². The first-order chi connectivity index (χ1) is 20.4. The normalized spacial score (nSPS) is 22.2. The summed E-state index contributed by atoms with van der Waals surface area (Å²) in [6.07, 6.45) is 9.82. The number of hydrogen-bond donors (Lipinski definition) is 0. The number of halogens is 6. The molecule has 4 aromatic rings. The molecule has 1 saturated heterocycles.